The lowest BCUT2D eigenvalue weighted by atomic mass is 10.9. The zero-order chi connectivity index (χ0) is 11.6. The fourth-order valence-corrected chi connectivity index (χ4v) is 15.6. The summed E-state index contributed by atoms with van der Waals surface area (Å²) in [5.74, 6) is 0. The fraction of sp³-hybridized carbons (Fsp3) is 0.714. The Labute approximate surface area is 106 Å². The molecule has 0 aliphatic rings. The van der Waals surface area contributed by atoms with Crippen molar-refractivity contribution in [1.29, 1.82) is 0 Å². The van der Waals surface area contributed by atoms with Gasteiger partial charge >= 0.3 is 6.00 Å². The number of ether oxygens (including phenoxy) is 1. The second-order valence-electron chi connectivity index (χ2n) is 3.83. The van der Waals surface area contributed by atoms with Crippen LogP contribution in [0.15, 0.2) is 10.0 Å². The van der Waals surface area contributed by atoms with Crippen molar-refractivity contribution in [3.63, 3.8) is 0 Å². The Morgan fingerprint density at radius 1 is 1.14 bits per heavy atom. The lowest BCUT2D eigenvalue weighted by Gasteiger charge is -2.26. The second-order valence-corrected chi connectivity index (χ2v) is 18.0. The van der Waals surface area contributed by atoms with Crippen LogP contribution in [0.2, 0.25) is 19.6 Å². The molecule has 14 heavy (non-hydrogen) atoms. The molecule has 0 aliphatic heterocycles. The summed E-state index contributed by atoms with van der Waals surface area (Å²) in [6, 6.07) is -2.92. The molecular formula is C7H14Cl4OSi2. The Morgan fingerprint density at radius 2 is 1.57 bits per heavy atom. The summed E-state index contributed by atoms with van der Waals surface area (Å²) < 4.78 is 5.22. The molecule has 0 aromatic heterocycles. The lowest BCUT2D eigenvalue weighted by molar-refractivity contribution is 0.254. The standard InChI is InChI=1S/C7H14Cl4OSi2/c1-5-12-6(8)7(13(2,3)4)14(9,10)11/h5H2,1-4H3/b7-6-. The summed E-state index contributed by atoms with van der Waals surface area (Å²) in [4.78, 5) is 0.749. The number of hydrogen-bond donors (Lipinski definition) is 0. The molecule has 0 spiro atoms. The van der Waals surface area contributed by atoms with Crippen molar-refractivity contribution in [1.82, 2.24) is 0 Å². The van der Waals surface area contributed by atoms with Crippen LogP contribution >= 0.6 is 44.8 Å². The van der Waals surface area contributed by atoms with E-state index in [0.717, 1.165) is 4.82 Å². The molecule has 0 aromatic carbocycles. The van der Waals surface area contributed by atoms with Gasteiger partial charge in [0.05, 0.1) is 14.7 Å². The normalized spacial score (nSPS) is 15.1. The first-order valence-electron chi connectivity index (χ1n) is 4.21. The average molecular weight is 312 g/mol. The van der Waals surface area contributed by atoms with Gasteiger partial charge in [-0.15, -0.1) is 33.2 Å². The molecule has 0 saturated heterocycles. The highest BCUT2D eigenvalue weighted by molar-refractivity contribution is 7.69. The third-order valence-corrected chi connectivity index (χ3v) is 11.1. The van der Waals surface area contributed by atoms with Crippen molar-refractivity contribution in [2.45, 2.75) is 26.6 Å². The minimum atomic E-state index is -2.92. The van der Waals surface area contributed by atoms with Gasteiger partial charge in [-0.2, -0.15) is 0 Å². The van der Waals surface area contributed by atoms with Gasteiger partial charge in [-0.25, -0.2) is 0 Å². The fourth-order valence-electron chi connectivity index (χ4n) is 1.03. The largest absolute Gasteiger partial charge is 0.484 e. The van der Waals surface area contributed by atoms with Crippen LogP contribution in [0.3, 0.4) is 0 Å². The van der Waals surface area contributed by atoms with Gasteiger partial charge in [0.15, 0.2) is 5.22 Å². The van der Waals surface area contributed by atoms with E-state index < -0.39 is 14.1 Å². The molecule has 0 bridgehead atoms. The lowest BCUT2D eigenvalue weighted by Crippen LogP contribution is -2.36. The number of hydrogen-bond acceptors (Lipinski definition) is 1. The van der Waals surface area contributed by atoms with Crippen molar-refractivity contribution in [2.75, 3.05) is 6.61 Å². The quantitative estimate of drug-likeness (QED) is 0.420. The maximum Gasteiger partial charge on any atom is 0.369 e. The van der Waals surface area contributed by atoms with E-state index in [2.05, 4.69) is 19.6 Å². The number of rotatable bonds is 4. The van der Waals surface area contributed by atoms with Crippen molar-refractivity contribution < 1.29 is 4.74 Å². The van der Waals surface area contributed by atoms with Gasteiger partial charge in [0.25, 0.3) is 0 Å². The first-order chi connectivity index (χ1) is 6.10. The summed E-state index contributed by atoms with van der Waals surface area (Å²) in [6.45, 7) is 8.59. The maximum absolute atomic E-state index is 6.00. The van der Waals surface area contributed by atoms with Crippen molar-refractivity contribution in [3.8, 4) is 0 Å². The predicted octanol–water partition coefficient (Wildman–Crippen LogP) is 4.55. The van der Waals surface area contributed by atoms with Crippen LogP contribution in [0.25, 0.3) is 0 Å². The van der Waals surface area contributed by atoms with Crippen LogP contribution in [0.4, 0.5) is 0 Å². The van der Waals surface area contributed by atoms with Gasteiger partial charge in [-0.3, -0.25) is 0 Å². The Morgan fingerprint density at radius 3 is 1.79 bits per heavy atom. The van der Waals surface area contributed by atoms with Gasteiger partial charge in [-0.05, 0) is 18.5 Å². The van der Waals surface area contributed by atoms with Crippen LogP contribution in [-0.2, 0) is 4.74 Å². The second kappa shape index (κ2) is 5.46. The van der Waals surface area contributed by atoms with E-state index in [1.165, 1.54) is 0 Å². The van der Waals surface area contributed by atoms with Crippen molar-refractivity contribution in [3.05, 3.63) is 10.0 Å². The molecule has 0 rings (SSSR count). The molecule has 0 heterocycles. The molecule has 0 N–H and O–H groups in total. The Balaban J connectivity index is 5.22. The summed E-state index contributed by atoms with van der Waals surface area (Å²) in [5.41, 5.74) is 0. The van der Waals surface area contributed by atoms with Gasteiger partial charge in [-0.1, -0.05) is 19.6 Å². The minimum Gasteiger partial charge on any atom is -0.484 e. The van der Waals surface area contributed by atoms with Crippen LogP contribution in [0.5, 0.6) is 0 Å². The van der Waals surface area contributed by atoms with Crippen LogP contribution in [0, 0.1) is 0 Å². The monoisotopic (exact) mass is 310 g/mol. The van der Waals surface area contributed by atoms with Gasteiger partial charge < -0.3 is 4.74 Å². The third-order valence-electron chi connectivity index (χ3n) is 1.50. The minimum absolute atomic E-state index is 0.290. The average Bonchev–Trinajstić information content (AvgIpc) is 1.78. The summed E-state index contributed by atoms with van der Waals surface area (Å²) in [7, 11) is -1.73. The predicted molar refractivity (Wildman–Crippen MR) is 71.2 cm³/mol. The molecule has 84 valence electrons. The van der Waals surface area contributed by atoms with Crippen LogP contribution < -0.4 is 0 Å². The van der Waals surface area contributed by atoms with E-state index in [0.29, 0.717) is 11.8 Å². The van der Waals surface area contributed by atoms with E-state index >= 15 is 0 Å². The molecule has 0 amide bonds. The van der Waals surface area contributed by atoms with E-state index in [1.807, 2.05) is 6.92 Å². The Hall–Kier alpha value is 1.13. The molecule has 0 unspecified atom stereocenters. The van der Waals surface area contributed by atoms with Crippen LogP contribution in [0.1, 0.15) is 6.92 Å². The topological polar surface area (TPSA) is 9.23 Å². The molecular weight excluding hydrogens is 298 g/mol. The van der Waals surface area contributed by atoms with Gasteiger partial charge in [0.2, 0.25) is 0 Å². The van der Waals surface area contributed by atoms with Crippen LogP contribution in [-0.4, -0.2) is 20.7 Å². The van der Waals surface area contributed by atoms with Crippen molar-refractivity contribution in [2.24, 2.45) is 0 Å². The summed E-state index contributed by atoms with van der Waals surface area (Å²) >= 11 is 24.0. The molecule has 0 saturated carbocycles. The molecule has 1 nitrogen and oxygen atoms in total. The molecule has 0 fully saturated rings. The highest BCUT2D eigenvalue weighted by atomic mass is 35.8. The molecule has 0 atom stereocenters. The van der Waals surface area contributed by atoms with Gasteiger partial charge in [0.1, 0.15) is 0 Å². The number of halogens is 4. The zero-order valence-corrected chi connectivity index (χ0v) is 13.7. The molecule has 0 radical (unpaired) electrons. The molecule has 0 aromatic rings. The zero-order valence-electron chi connectivity index (χ0n) is 8.63. The molecule has 0 aliphatic carbocycles. The summed E-state index contributed by atoms with van der Waals surface area (Å²) in [6.07, 6.45) is 0. The highest BCUT2D eigenvalue weighted by Gasteiger charge is 2.42. The third kappa shape index (κ3) is 4.77. The maximum atomic E-state index is 6.00. The van der Waals surface area contributed by atoms with E-state index in [1.54, 1.807) is 0 Å². The highest BCUT2D eigenvalue weighted by Crippen LogP contribution is 2.38. The first kappa shape index (κ1) is 15.1. The van der Waals surface area contributed by atoms with Crippen molar-refractivity contribution >= 4 is 58.9 Å². The Kier molecular flexibility index (Phi) is 5.90. The smallest absolute Gasteiger partial charge is 0.369 e. The van der Waals surface area contributed by atoms with E-state index in [4.69, 9.17) is 49.6 Å². The van der Waals surface area contributed by atoms with E-state index in [-0.39, 0.29) is 0 Å². The summed E-state index contributed by atoms with van der Waals surface area (Å²) in [5, 5.41) is 0.290. The van der Waals surface area contributed by atoms with Gasteiger partial charge in [0, 0.05) is 4.82 Å². The van der Waals surface area contributed by atoms with E-state index in [9.17, 15) is 0 Å². The SMILES string of the molecule is CCO/C(Cl)=C(/[Si](C)(C)C)[Si](Cl)(Cl)Cl. The molecule has 7 heteroatoms. The Bertz CT molecular complexity index is 213. The first-order valence-corrected chi connectivity index (χ1v) is 13.1.